The van der Waals surface area contributed by atoms with Crippen molar-refractivity contribution < 1.29 is 4.74 Å². The topological polar surface area (TPSA) is 9.23 Å². The Bertz CT molecular complexity index is 422. The van der Waals surface area contributed by atoms with E-state index in [-0.39, 0.29) is 0 Å². The van der Waals surface area contributed by atoms with Crippen molar-refractivity contribution in [3.05, 3.63) is 70.2 Å². The van der Waals surface area contributed by atoms with E-state index in [1.807, 2.05) is 30.3 Å². The number of benzene rings is 2. The number of rotatable bonds is 4. The van der Waals surface area contributed by atoms with Gasteiger partial charge in [0.2, 0.25) is 0 Å². The van der Waals surface area contributed by atoms with Gasteiger partial charge in [-0.2, -0.15) is 0 Å². The summed E-state index contributed by atoms with van der Waals surface area (Å²) in [5.74, 6) is 0. The van der Waals surface area contributed by atoms with Crippen molar-refractivity contribution in [1.82, 2.24) is 0 Å². The van der Waals surface area contributed by atoms with Gasteiger partial charge in [-0.3, -0.25) is 0 Å². The van der Waals surface area contributed by atoms with Crippen LogP contribution in [-0.2, 0) is 18.0 Å². The molecule has 0 aliphatic carbocycles. The molecule has 82 valence electrons. The van der Waals surface area contributed by atoms with Crippen LogP contribution in [-0.4, -0.2) is 0 Å². The first-order chi connectivity index (χ1) is 7.84. The van der Waals surface area contributed by atoms with Gasteiger partial charge in [0.1, 0.15) is 0 Å². The summed E-state index contributed by atoms with van der Waals surface area (Å²) in [4.78, 5) is 0. The number of hydrogen-bond acceptors (Lipinski definition) is 1. The zero-order chi connectivity index (χ0) is 11.2. The van der Waals surface area contributed by atoms with Crippen LogP contribution >= 0.6 is 15.9 Å². The molecular weight excluding hydrogens is 264 g/mol. The molecule has 0 radical (unpaired) electrons. The number of ether oxygens (including phenoxy) is 1. The van der Waals surface area contributed by atoms with Crippen molar-refractivity contribution in [2.45, 2.75) is 13.2 Å². The molecule has 0 fully saturated rings. The van der Waals surface area contributed by atoms with E-state index in [1.54, 1.807) is 0 Å². The van der Waals surface area contributed by atoms with E-state index >= 15 is 0 Å². The summed E-state index contributed by atoms with van der Waals surface area (Å²) >= 11 is 3.41. The van der Waals surface area contributed by atoms with Gasteiger partial charge >= 0.3 is 0 Å². The van der Waals surface area contributed by atoms with E-state index in [0.29, 0.717) is 13.2 Å². The summed E-state index contributed by atoms with van der Waals surface area (Å²) < 4.78 is 6.73. The molecule has 0 saturated carbocycles. The molecule has 0 spiro atoms. The molecule has 0 heterocycles. The van der Waals surface area contributed by atoms with Crippen LogP contribution in [0.5, 0.6) is 0 Å². The molecule has 0 saturated heterocycles. The van der Waals surface area contributed by atoms with Crippen molar-refractivity contribution >= 4 is 15.9 Å². The van der Waals surface area contributed by atoms with Gasteiger partial charge < -0.3 is 4.74 Å². The Morgan fingerprint density at radius 1 is 0.750 bits per heavy atom. The molecule has 0 atom stereocenters. The van der Waals surface area contributed by atoms with Crippen LogP contribution in [0.25, 0.3) is 0 Å². The standard InChI is InChI=1S/C14H13BrO/c15-14-8-6-13(7-9-14)11-16-10-12-4-2-1-3-5-12/h1-9H,10-11H2. The summed E-state index contributed by atoms with van der Waals surface area (Å²) in [6, 6.07) is 18.4. The lowest BCUT2D eigenvalue weighted by molar-refractivity contribution is 0.107. The Hall–Kier alpha value is -1.12. The molecule has 0 aromatic heterocycles. The van der Waals surface area contributed by atoms with Gasteiger partial charge in [0.25, 0.3) is 0 Å². The van der Waals surface area contributed by atoms with E-state index in [1.165, 1.54) is 11.1 Å². The average Bonchev–Trinajstić information content (AvgIpc) is 2.33. The lowest BCUT2D eigenvalue weighted by atomic mass is 10.2. The van der Waals surface area contributed by atoms with Gasteiger partial charge in [-0.25, -0.2) is 0 Å². The van der Waals surface area contributed by atoms with Gasteiger partial charge in [-0.15, -0.1) is 0 Å². The minimum absolute atomic E-state index is 0.655. The van der Waals surface area contributed by atoms with Gasteiger partial charge in [0.05, 0.1) is 13.2 Å². The minimum atomic E-state index is 0.655. The van der Waals surface area contributed by atoms with Gasteiger partial charge in [0, 0.05) is 4.47 Å². The molecule has 0 aliphatic rings. The summed E-state index contributed by atoms with van der Waals surface area (Å²) in [6.45, 7) is 1.32. The summed E-state index contributed by atoms with van der Waals surface area (Å²) in [6.07, 6.45) is 0. The van der Waals surface area contributed by atoms with Gasteiger partial charge in [0.15, 0.2) is 0 Å². The summed E-state index contributed by atoms with van der Waals surface area (Å²) in [5.41, 5.74) is 2.40. The first-order valence-electron chi connectivity index (χ1n) is 5.21. The van der Waals surface area contributed by atoms with Crippen LogP contribution in [0.1, 0.15) is 11.1 Å². The third-order valence-electron chi connectivity index (χ3n) is 2.29. The Morgan fingerprint density at radius 3 is 1.94 bits per heavy atom. The molecule has 2 aromatic carbocycles. The Balaban J connectivity index is 1.82. The number of halogens is 1. The normalized spacial score (nSPS) is 10.3. The zero-order valence-electron chi connectivity index (χ0n) is 8.90. The quantitative estimate of drug-likeness (QED) is 0.815. The third-order valence-corrected chi connectivity index (χ3v) is 2.82. The molecule has 1 nitrogen and oxygen atoms in total. The predicted octanol–water partition coefficient (Wildman–Crippen LogP) is 4.17. The van der Waals surface area contributed by atoms with E-state index in [0.717, 1.165) is 4.47 Å². The fourth-order valence-electron chi connectivity index (χ4n) is 1.44. The average molecular weight is 277 g/mol. The van der Waals surface area contributed by atoms with E-state index in [4.69, 9.17) is 4.74 Å². The maximum Gasteiger partial charge on any atom is 0.0721 e. The van der Waals surface area contributed by atoms with Crippen LogP contribution in [0, 0.1) is 0 Å². The van der Waals surface area contributed by atoms with Crippen molar-refractivity contribution in [3.8, 4) is 0 Å². The second-order valence-corrected chi connectivity index (χ2v) is 4.52. The van der Waals surface area contributed by atoms with Crippen molar-refractivity contribution in [3.63, 3.8) is 0 Å². The Morgan fingerprint density at radius 2 is 1.31 bits per heavy atom. The first-order valence-corrected chi connectivity index (χ1v) is 6.00. The second kappa shape index (κ2) is 5.83. The van der Waals surface area contributed by atoms with Crippen LogP contribution in [0.3, 0.4) is 0 Å². The lowest BCUT2D eigenvalue weighted by Crippen LogP contribution is -1.93. The molecule has 0 aliphatic heterocycles. The second-order valence-electron chi connectivity index (χ2n) is 3.60. The van der Waals surface area contributed by atoms with Crippen LogP contribution in [0.15, 0.2) is 59.1 Å². The highest BCUT2D eigenvalue weighted by Crippen LogP contribution is 2.11. The highest BCUT2D eigenvalue weighted by atomic mass is 79.9. The molecule has 2 aromatic rings. The maximum atomic E-state index is 5.63. The third kappa shape index (κ3) is 3.47. The lowest BCUT2D eigenvalue weighted by Gasteiger charge is -2.04. The monoisotopic (exact) mass is 276 g/mol. The summed E-state index contributed by atoms with van der Waals surface area (Å²) in [5, 5.41) is 0. The molecular formula is C14H13BrO. The fourth-order valence-corrected chi connectivity index (χ4v) is 1.71. The van der Waals surface area contributed by atoms with E-state index in [9.17, 15) is 0 Å². The van der Waals surface area contributed by atoms with Gasteiger partial charge in [-0.05, 0) is 23.3 Å². The first kappa shape index (κ1) is 11.4. The highest BCUT2D eigenvalue weighted by molar-refractivity contribution is 9.10. The maximum absolute atomic E-state index is 5.63. The van der Waals surface area contributed by atoms with Gasteiger partial charge in [-0.1, -0.05) is 58.4 Å². The van der Waals surface area contributed by atoms with Crippen molar-refractivity contribution in [2.24, 2.45) is 0 Å². The smallest absolute Gasteiger partial charge is 0.0721 e. The zero-order valence-corrected chi connectivity index (χ0v) is 10.5. The van der Waals surface area contributed by atoms with Crippen molar-refractivity contribution in [2.75, 3.05) is 0 Å². The fraction of sp³-hybridized carbons (Fsp3) is 0.143. The number of hydrogen-bond donors (Lipinski definition) is 0. The molecule has 0 N–H and O–H groups in total. The van der Waals surface area contributed by atoms with E-state index in [2.05, 4.69) is 40.2 Å². The highest BCUT2D eigenvalue weighted by Gasteiger charge is 1.94. The molecule has 0 bridgehead atoms. The molecule has 16 heavy (non-hydrogen) atoms. The summed E-state index contributed by atoms with van der Waals surface area (Å²) in [7, 11) is 0. The molecule has 2 heteroatoms. The van der Waals surface area contributed by atoms with Crippen LogP contribution in [0.4, 0.5) is 0 Å². The van der Waals surface area contributed by atoms with Crippen LogP contribution < -0.4 is 0 Å². The SMILES string of the molecule is Brc1ccc(COCc2ccccc2)cc1. The minimum Gasteiger partial charge on any atom is -0.372 e. The predicted molar refractivity (Wildman–Crippen MR) is 69.1 cm³/mol. The molecule has 0 unspecified atom stereocenters. The Kier molecular flexibility index (Phi) is 4.14. The largest absolute Gasteiger partial charge is 0.372 e. The van der Waals surface area contributed by atoms with Crippen LogP contribution in [0.2, 0.25) is 0 Å². The van der Waals surface area contributed by atoms with E-state index < -0.39 is 0 Å². The Labute approximate surface area is 104 Å². The van der Waals surface area contributed by atoms with Crippen molar-refractivity contribution in [1.29, 1.82) is 0 Å². The molecule has 0 amide bonds. The molecule has 2 rings (SSSR count).